The van der Waals surface area contributed by atoms with E-state index >= 15 is 0 Å². The van der Waals surface area contributed by atoms with Crippen molar-refractivity contribution < 1.29 is 9.90 Å². The molecule has 0 spiro atoms. The number of carboxylic acid groups (broad SMARTS) is 1. The summed E-state index contributed by atoms with van der Waals surface area (Å²) in [5.41, 5.74) is 0. The van der Waals surface area contributed by atoms with Crippen LogP contribution in [-0.4, -0.2) is 36.6 Å². The highest BCUT2D eigenvalue weighted by atomic mass is 16.3. The molecule has 12 heavy (non-hydrogen) atoms. The molecule has 1 N–H and O–H groups in total. The van der Waals surface area contributed by atoms with Crippen LogP contribution in [0.25, 0.3) is 0 Å². The van der Waals surface area contributed by atoms with E-state index in [1.54, 1.807) is 0 Å². The molecule has 1 heterocycles. The summed E-state index contributed by atoms with van der Waals surface area (Å²) in [6.45, 7) is 6.39. The normalized spacial score (nSPS) is 16.2. The summed E-state index contributed by atoms with van der Waals surface area (Å²) in [4.78, 5) is 10.8. The third kappa shape index (κ3) is 12.1. The van der Waals surface area contributed by atoms with E-state index in [2.05, 4.69) is 11.9 Å². The molecule has 1 aliphatic heterocycles. The summed E-state index contributed by atoms with van der Waals surface area (Å²) >= 11 is 0. The highest BCUT2D eigenvalue weighted by Crippen LogP contribution is 2.04. The molecule has 0 aromatic heterocycles. The van der Waals surface area contributed by atoms with Gasteiger partial charge in [-0.15, -0.1) is 0 Å². The predicted octanol–water partition coefficient (Wildman–Crippen LogP) is 1.83. The molecule has 3 heteroatoms. The highest BCUT2D eigenvalue weighted by Gasteiger charge is 2.02. The summed E-state index contributed by atoms with van der Waals surface area (Å²) in [6, 6.07) is 0. The van der Waals surface area contributed by atoms with Crippen molar-refractivity contribution in [3.8, 4) is 0 Å². The first-order valence-electron chi connectivity index (χ1n) is 4.57. The first kappa shape index (κ1) is 14.0. The Balaban J connectivity index is 0. The van der Waals surface area contributed by atoms with Crippen LogP contribution in [0.5, 0.6) is 0 Å². The molecule has 0 saturated carbocycles. The molecule has 0 amide bonds. The minimum absolute atomic E-state index is 0.250. The topological polar surface area (TPSA) is 40.5 Å². The largest absolute Gasteiger partial charge is 0.483 e. The number of rotatable bonds is 0. The van der Waals surface area contributed by atoms with Gasteiger partial charge >= 0.3 is 0 Å². The summed E-state index contributed by atoms with van der Waals surface area (Å²) in [7, 11) is 2.19. The van der Waals surface area contributed by atoms with Crippen molar-refractivity contribution in [3.63, 3.8) is 0 Å². The maximum Gasteiger partial charge on any atom is 0.290 e. The quantitative estimate of drug-likeness (QED) is 0.571. The molecular weight excluding hydrogens is 154 g/mol. The molecule has 0 aromatic rings. The number of nitrogens with zero attached hydrogens (tertiary/aromatic N) is 1. The van der Waals surface area contributed by atoms with Gasteiger partial charge < -0.3 is 10.0 Å². The zero-order valence-corrected chi connectivity index (χ0v) is 8.42. The van der Waals surface area contributed by atoms with Crippen LogP contribution in [0.15, 0.2) is 0 Å². The number of hydrogen-bond donors (Lipinski definition) is 1. The Morgan fingerprint density at radius 1 is 1.17 bits per heavy atom. The summed E-state index contributed by atoms with van der Waals surface area (Å²) < 4.78 is 0. The van der Waals surface area contributed by atoms with Crippen molar-refractivity contribution in [2.24, 2.45) is 0 Å². The molecule has 1 rings (SSSR count). The lowest BCUT2D eigenvalue weighted by atomic mass is 10.1. The van der Waals surface area contributed by atoms with Crippen LogP contribution in [0, 0.1) is 0 Å². The van der Waals surface area contributed by atoms with Gasteiger partial charge in [0.15, 0.2) is 0 Å². The van der Waals surface area contributed by atoms with E-state index in [-0.39, 0.29) is 6.47 Å². The molecule has 1 fully saturated rings. The van der Waals surface area contributed by atoms with Gasteiger partial charge in [0.1, 0.15) is 0 Å². The second-order valence-corrected chi connectivity index (χ2v) is 2.47. The lowest BCUT2D eigenvalue weighted by Gasteiger charge is -2.20. The number of piperidine rings is 1. The van der Waals surface area contributed by atoms with Crippen molar-refractivity contribution in [2.45, 2.75) is 33.1 Å². The third-order valence-electron chi connectivity index (χ3n) is 1.58. The number of hydrogen-bond acceptors (Lipinski definition) is 2. The monoisotopic (exact) mass is 175 g/mol. The first-order chi connectivity index (χ1) is 5.81. The zero-order chi connectivity index (χ0) is 9.82. The molecule has 0 unspecified atom stereocenters. The Kier molecular flexibility index (Phi) is 15.2. The average Bonchev–Trinajstić information content (AvgIpc) is 2.11. The second-order valence-electron chi connectivity index (χ2n) is 2.47. The second kappa shape index (κ2) is 13.1. The summed E-state index contributed by atoms with van der Waals surface area (Å²) in [6.07, 6.45) is 4.28. The van der Waals surface area contributed by atoms with Crippen LogP contribution in [0.4, 0.5) is 0 Å². The van der Waals surface area contributed by atoms with E-state index < -0.39 is 0 Å². The molecule has 3 nitrogen and oxygen atoms in total. The van der Waals surface area contributed by atoms with E-state index in [1.807, 2.05) is 13.8 Å². The van der Waals surface area contributed by atoms with Gasteiger partial charge in [0, 0.05) is 0 Å². The first-order valence-corrected chi connectivity index (χ1v) is 4.57. The third-order valence-corrected chi connectivity index (χ3v) is 1.58. The van der Waals surface area contributed by atoms with Crippen LogP contribution < -0.4 is 0 Å². The van der Waals surface area contributed by atoms with Gasteiger partial charge in [-0.1, -0.05) is 20.3 Å². The summed E-state index contributed by atoms with van der Waals surface area (Å²) in [5.74, 6) is 0. The van der Waals surface area contributed by atoms with Crippen LogP contribution in [0.2, 0.25) is 0 Å². The lowest BCUT2D eigenvalue weighted by molar-refractivity contribution is -0.122. The fourth-order valence-electron chi connectivity index (χ4n) is 1.05. The van der Waals surface area contributed by atoms with E-state index in [9.17, 15) is 0 Å². The molecule has 74 valence electrons. The lowest BCUT2D eigenvalue weighted by Crippen LogP contribution is -2.24. The molecule has 0 radical (unpaired) electrons. The molecule has 0 aromatic carbocycles. The van der Waals surface area contributed by atoms with Crippen molar-refractivity contribution in [3.05, 3.63) is 0 Å². The van der Waals surface area contributed by atoms with Crippen LogP contribution >= 0.6 is 0 Å². The maximum absolute atomic E-state index is 8.36. The minimum Gasteiger partial charge on any atom is -0.483 e. The van der Waals surface area contributed by atoms with Gasteiger partial charge in [-0.2, -0.15) is 0 Å². The SMILES string of the molecule is CC.CN1CCCCC1.O=CO. The standard InChI is InChI=1S/C6H13N.C2H6.CH2O2/c1-7-5-3-2-4-6-7;1-2;2-1-3/h2-6H2,1H3;1-2H3;1H,(H,2,3). The highest BCUT2D eigenvalue weighted by molar-refractivity contribution is 5.32. The van der Waals surface area contributed by atoms with Gasteiger partial charge in [0.25, 0.3) is 6.47 Å². The Morgan fingerprint density at radius 2 is 1.50 bits per heavy atom. The minimum atomic E-state index is -0.250. The van der Waals surface area contributed by atoms with E-state index in [0.717, 1.165) is 0 Å². The van der Waals surface area contributed by atoms with Gasteiger partial charge in [0.05, 0.1) is 0 Å². The maximum atomic E-state index is 8.36. The van der Waals surface area contributed by atoms with Crippen molar-refractivity contribution >= 4 is 6.47 Å². The molecule has 1 saturated heterocycles. The average molecular weight is 175 g/mol. The van der Waals surface area contributed by atoms with Gasteiger partial charge in [-0.05, 0) is 33.0 Å². The van der Waals surface area contributed by atoms with E-state index in [4.69, 9.17) is 9.90 Å². The number of carbonyl (C=O) groups is 1. The zero-order valence-electron chi connectivity index (χ0n) is 8.42. The number of likely N-dealkylation sites (tertiary alicyclic amines) is 1. The van der Waals surface area contributed by atoms with Crippen molar-refractivity contribution in [2.75, 3.05) is 20.1 Å². The molecule has 0 atom stereocenters. The fraction of sp³-hybridized carbons (Fsp3) is 0.889. The van der Waals surface area contributed by atoms with Gasteiger partial charge in [-0.25, -0.2) is 0 Å². The Bertz CT molecular complexity index is 80.6. The molecule has 0 aliphatic carbocycles. The van der Waals surface area contributed by atoms with Crippen LogP contribution in [-0.2, 0) is 4.79 Å². The Hall–Kier alpha value is -0.570. The predicted molar refractivity (Wildman–Crippen MR) is 51.4 cm³/mol. The Labute approximate surface area is 75.4 Å². The van der Waals surface area contributed by atoms with Gasteiger partial charge in [0.2, 0.25) is 0 Å². The smallest absolute Gasteiger partial charge is 0.290 e. The van der Waals surface area contributed by atoms with Crippen LogP contribution in [0.3, 0.4) is 0 Å². The van der Waals surface area contributed by atoms with Crippen LogP contribution in [0.1, 0.15) is 33.1 Å². The van der Waals surface area contributed by atoms with E-state index in [0.29, 0.717) is 0 Å². The van der Waals surface area contributed by atoms with Crippen molar-refractivity contribution in [1.82, 2.24) is 4.90 Å². The van der Waals surface area contributed by atoms with Crippen molar-refractivity contribution in [1.29, 1.82) is 0 Å². The molecular formula is C9H21NO2. The molecule has 0 bridgehead atoms. The summed E-state index contributed by atoms with van der Waals surface area (Å²) in [5, 5.41) is 6.89. The van der Waals surface area contributed by atoms with E-state index in [1.165, 1.54) is 32.4 Å². The molecule has 1 aliphatic rings. The Morgan fingerprint density at radius 3 is 1.67 bits per heavy atom. The fourth-order valence-corrected chi connectivity index (χ4v) is 1.05. The van der Waals surface area contributed by atoms with Gasteiger partial charge in [-0.3, -0.25) is 4.79 Å².